The van der Waals surface area contributed by atoms with Gasteiger partial charge in [-0.1, -0.05) is 13.3 Å². The van der Waals surface area contributed by atoms with Crippen molar-refractivity contribution in [3.8, 4) is 6.07 Å². The van der Waals surface area contributed by atoms with E-state index in [0.717, 1.165) is 12.8 Å². The average Bonchev–Trinajstić information content (AvgIpc) is 2.62. The Labute approximate surface area is 148 Å². The maximum Gasteiger partial charge on any atom is 0.253 e. The number of amides is 2. The van der Waals surface area contributed by atoms with Gasteiger partial charge in [-0.25, -0.2) is 4.39 Å². The lowest BCUT2D eigenvalue weighted by molar-refractivity contribution is -0.131. The van der Waals surface area contributed by atoms with Gasteiger partial charge in [0.15, 0.2) is 0 Å². The lowest BCUT2D eigenvalue weighted by atomic mass is 9.81. The summed E-state index contributed by atoms with van der Waals surface area (Å²) in [6, 6.07) is 7.58. The molecule has 0 bridgehead atoms. The molecule has 0 N–H and O–H groups in total. The highest BCUT2D eigenvalue weighted by Crippen LogP contribution is 2.30. The summed E-state index contributed by atoms with van der Waals surface area (Å²) in [6.07, 6.45) is 2.06. The second kappa shape index (κ2) is 8.61. The van der Waals surface area contributed by atoms with Crippen LogP contribution in [0.1, 0.15) is 36.5 Å². The molecule has 0 radical (unpaired) electrons. The van der Waals surface area contributed by atoms with Gasteiger partial charge in [0.25, 0.3) is 5.91 Å². The van der Waals surface area contributed by atoms with Crippen LogP contribution in [0.4, 0.5) is 4.39 Å². The van der Waals surface area contributed by atoms with Crippen molar-refractivity contribution in [2.75, 3.05) is 26.7 Å². The van der Waals surface area contributed by atoms with Crippen LogP contribution in [0, 0.1) is 29.0 Å². The zero-order valence-electron chi connectivity index (χ0n) is 14.7. The fourth-order valence-electron chi connectivity index (χ4n) is 3.35. The van der Waals surface area contributed by atoms with Crippen molar-refractivity contribution in [1.29, 1.82) is 5.26 Å². The average molecular weight is 345 g/mol. The maximum atomic E-state index is 13.0. The number of carbonyl (C=O) groups excluding carboxylic acids is 2. The molecule has 6 heteroatoms. The van der Waals surface area contributed by atoms with Gasteiger partial charge in [-0.3, -0.25) is 9.59 Å². The van der Waals surface area contributed by atoms with E-state index in [9.17, 15) is 14.0 Å². The molecule has 0 aliphatic carbocycles. The molecule has 5 nitrogen and oxygen atoms in total. The number of nitrogens with zero attached hydrogens (tertiary/aromatic N) is 3. The van der Waals surface area contributed by atoms with Gasteiger partial charge in [-0.15, -0.1) is 0 Å². The van der Waals surface area contributed by atoms with Gasteiger partial charge in [-0.05, 0) is 42.5 Å². The largest absolute Gasteiger partial charge is 0.338 e. The molecular weight excluding hydrogens is 321 g/mol. The summed E-state index contributed by atoms with van der Waals surface area (Å²) in [6.45, 7) is 3.35. The van der Waals surface area contributed by atoms with E-state index in [0.29, 0.717) is 25.1 Å². The van der Waals surface area contributed by atoms with E-state index >= 15 is 0 Å². The van der Waals surface area contributed by atoms with Crippen LogP contribution in [0.2, 0.25) is 0 Å². The van der Waals surface area contributed by atoms with Crippen molar-refractivity contribution >= 4 is 11.8 Å². The first-order valence-corrected chi connectivity index (χ1v) is 8.62. The third kappa shape index (κ3) is 4.79. The molecule has 1 aromatic rings. The minimum Gasteiger partial charge on any atom is -0.338 e. The number of hydrogen-bond donors (Lipinski definition) is 0. The van der Waals surface area contributed by atoms with E-state index in [1.807, 2.05) is 6.07 Å². The van der Waals surface area contributed by atoms with Crippen molar-refractivity contribution in [1.82, 2.24) is 9.80 Å². The van der Waals surface area contributed by atoms with Gasteiger partial charge in [-0.2, -0.15) is 5.26 Å². The van der Waals surface area contributed by atoms with E-state index in [-0.39, 0.29) is 36.0 Å². The number of nitriles is 1. The van der Waals surface area contributed by atoms with E-state index in [1.54, 1.807) is 11.9 Å². The minimum atomic E-state index is -0.360. The van der Waals surface area contributed by atoms with Gasteiger partial charge in [0.05, 0.1) is 6.07 Å². The molecule has 0 spiro atoms. The Hall–Kier alpha value is -2.42. The summed E-state index contributed by atoms with van der Waals surface area (Å²) in [5.41, 5.74) is 0.486. The van der Waals surface area contributed by atoms with E-state index in [1.165, 1.54) is 29.2 Å². The maximum absolute atomic E-state index is 13.0. The SMILES string of the molecule is CCC1CN(C(=O)c2ccc(F)cc2)CCC1CC(=O)N(C)CC#N. The molecule has 25 heavy (non-hydrogen) atoms. The van der Waals surface area contributed by atoms with Gasteiger partial charge in [0.1, 0.15) is 12.4 Å². The number of likely N-dealkylation sites (tertiary alicyclic amines) is 1. The molecule has 2 rings (SSSR count). The summed E-state index contributed by atoms with van der Waals surface area (Å²) < 4.78 is 13.0. The van der Waals surface area contributed by atoms with E-state index in [4.69, 9.17) is 5.26 Å². The number of benzene rings is 1. The second-order valence-corrected chi connectivity index (χ2v) is 6.59. The number of rotatable bonds is 5. The molecule has 1 heterocycles. The molecular formula is C19H24FN3O2. The number of hydrogen-bond acceptors (Lipinski definition) is 3. The third-order valence-electron chi connectivity index (χ3n) is 4.96. The lowest BCUT2D eigenvalue weighted by Crippen LogP contribution is -2.45. The normalized spacial score (nSPS) is 20.0. The molecule has 0 aromatic heterocycles. The van der Waals surface area contributed by atoms with Crippen LogP contribution in [-0.2, 0) is 4.79 Å². The minimum absolute atomic E-state index is 0.0247. The molecule has 0 saturated carbocycles. The number of halogens is 1. The molecule has 1 fully saturated rings. The second-order valence-electron chi connectivity index (χ2n) is 6.59. The van der Waals surface area contributed by atoms with Crippen LogP contribution < -0.4 is 0 Å². The summed E-state index contributed by atoms with van der Waals surface area (Å²) in [5, 5.41) is 8.70. The quantitative estimate of drug-likeness (QED) is 0.771. The first kappa shape index (κ1) is 18.9. The van der Waals surface area contributed by atoms with Crippen molar-refractivity contribution < 1.29 is 14.0 Å². The fraction of sp³-hybridized carbons (Fsp3) is 0.526. The molecule has 2 amide bonds. The van der Waals surface area contributed by atoms with Gasteiger partial charge in [0.2, 0.25) is 5.91 Å². The Morgan fingerprint density at radius 3 is 2.60 bits per heavy atom. The highest BCUT2D eigenvalue weighted by Gasteiger charge is 2.32. The zero-order chi connectivity index (χ0) is 18.4. The number of carbonyl (C=O) groups is 2. The monoisotopic (exact) mass is 345 g/mol. The van der Waals surface area contributed by atoms with Crippen molar-refractivity contribution in [3.05, 3.63) is 35.6 Å². The molecule has 1 aliphatic rings. The predicted octanol–water partition coefficient (Wildman–Crippen LogP) is 2.69. The standard InChI is InChI=1S/C19H24FN3O2/c1-3-14-13-23(19(25)15-4-6-17(20)7-5-15)10-8-16(14)12-18(24)22(2)11-9-21/h4-7,14,16H,3,8,10-13H2,1-2H3. The molecule has 134 valence electrons. The Morgan fingerprint density at radius 1 is 1.32 bits per heavy atom. The lowest BCUT2D eigenvalue weighted by Gasteiger charge is -2.38. The van der Waals surface area contributed by atoms with Crippen LogP contribution in [0.15, 0.2) is 24.3 Å². The number of piperidine rings is 1. The summed E-state index contributed by atoms with van der Waals surface area (Å²) in [7, 11) is 1.64. The highest BCUT2D eigenvalue weighted by molar-refractivity contribution is 5.94. The van der Waals surface area contributed by atoms with Crippen molar-refractivity contribution in [3.63, 3.8) is 0 Å². The zero-order valence-corrected chi connectivity index (χ0v) is 14.7. The van der Waals surface area contributed by atoms with Crippen molar-refractivity contribution in [2.24, 2.45) is 11.8 Å². The Morgan fingerprint density at radius 2 is 2.00 bits per heavy atom. The highest BCUT2D eigenvalue weighted by atomic mass is 19.1. The molecule has 1 saturated heterocycles. The predicted molar refractivity (Wildman–Crippen MR) is 92.1 cm³/mol. The Kier molecular flexibility index (Phi) is 6.51. The molecule has 1 aromatic carbocycles. The Bertz CT molecular complexity index is 654. The van der Waals surface area contributed by atoms with Crippen LogP contribution >= 0.6 is 0 Å². The summed E-state index contributed by atoms with van der Waals surface area (Å²) in [5.74, 6) is -0.0108. The molecule has 2 atom stereocenters. The van der Waals surface area contributed by atoms with Crippen LogP contribution in [0.3, 0.4) is 0 Å². The topological polar surface area (TPSA) is 64.4 Å². The van der Waals surface area contributed by atoms with E-state index in [2.05, 4.69) is 6.92 Å². The Balaban J connectivity index is 1.98. The fourth-order valence-corrected chi connectivity index (χ4v) is 3.35. The smallest absolute Gasteiger partial charge is 0.253 e. The van der Waals surface area contributed by atoms with Crippen LogP contribution in [-0.4, -0.2) is 48.3 Å². The first-order valence-electron chi connectivity index (χ1n) is 8.62. The van der Waals surface area contributed by atoms with Crippen LogP contribution in [0.25, 0.3) is 0 Å². The molecule has 1 aliphatic heterocycles. The molecule has 2 unspecified atom stereocenters. The van der Waals surface area contributed by atoms with Crippen LogP contribution in [0.5, 0.6) is 0 Å². The van der Waals surface area contributed by atoms with Crippen molar-refractivity contribution in [2.45, 2.75) is 26.2 Å². The first-order chi connectivity index (χ1) is 12.0. The van der Waals surface area contributed by atoms with E-state index < -0.39 is 0 Å². The van der Waals surface area contributed by atoms with Gasteiger partial charge >= 0.3 is 0 Å². The summed E-state index contributed by atoms with van der Waals surface area (Å²) in [4.78, 5) is 28.0. The third-order valence-corrected chi connectivity index (χ3v) is 4.96. The van der Waals surface area contributed by atoms with Gasteiger partial charge < -0.3 is 9.80 Å². The summed E-state index contributed by atoms with van der Waals surface area (Å²) >= 11 is 0. The van der Waals surface area contributed by atoms with Gasteiger partial charge in [0, 0.05) is 32.1 Å².